The smallest absolute Gasteiger partial charge is 0.475 e. The zero-order chi connectivity index (χ0) is 23.6. The average Bonchev–Trinajstić information content (AvgIpc) is 3.56. The van der Waals surface area contributed by atoms with Crippen LogP contribution in [0, 0.1) is 0 Å². The second-order valence-electron chi connectivity index (χ2n) is 9.25. The van der Waals surface area contributed by atoms with Crippen molar-refractivity contribution in [2.45, 2.75) is 55.8 Å². The summed E-state index contributed by atoms with van der Waals surface area (Å²) in [6.45, 7) is 5.52. The Morgan fingerprint density at radius 1 is 1.06 bits per heavy atom. The van der Waals surface area contributed by atoms with E-state index in [1.54, 1.807) is 5.56 Å². The van der Waals surface area contributed by atoms with Crippen LogP contribution in [0.4, 0.5) is 18.0 Å². The molecule has 0 radical (unpaired) electrons. The van der Waals surface area contributed by atoms with E-state index < -0.39 is 12.1 Å². The summed E-state index contributed by atoms with van der Waals surface area (Å²) in [6, 6.07) is 10.2. The summed E-state index contributed by atoms with van der Waals surface area (Å²) >= 11 is 0. The summed E-state index contributed by atoms with van der Waals surface area (Å²) in [5.41, 5.74) is 3.31. The first-order valence-corrected chi connectivity index (χ1v) is 11.5. The lowest BCUT2D eigenvalue weighted by Crippen LogP contribution is -2.49. The minimum Gasteiger partial charge on any atom is -0.475 e. The number of carbonyl (C=O) groups excluding carboxylic acids is 1. The highest BCUT2D eigenvalue weighted by Gasteiger charge is 2.47. The van der Waals surface area contributed by atoms with Gasteiger partial charge in [0.1, 0.15) is 0 Å². The number of urea groups is 1. The summed E-state index contributed by atoms with van der Waals surface area (Å²) in [6.07, 6.45) is 0.590. The van der Waals surface area contributed by atoms with Gasteiger partial charge in [0.2, 0.25) is 0 Å². The van der Waals surface area contributed by atoms with E-state index in [-0.39, 0.29) is 11.4 Å². The zero-order valence-electron chi connectivity index (χ0n) is 18.4. The molecule has 1 atom stereocenters. The molecule has 4 aliphatic rings. The Bertz CT molecular complexity index is 861. The molecular weight excluding hydrogens is 439 g/mol. The van der Waals surface area contributed by atoms with Crippen LogP contribution in [0.25, 0.3) is 0 Å². The number of benzene rings is 1. The van der Waals surface area contributed by atoms with Crippen LogP contribution in [0.3, 0.4) is 0 Å². The number of nitrogens with zero attached hydrogens (tertiary/aromatic N) is 2. The van der Waals surface area contributed by atoms with E-state index in [1.165, 1.54) is 12.0 Å². The van der Waals surface area contributed by atoms with Crippen molar-refractivity contribution < 1.29 is 32.6 Å². The quantitative estimate of drug-likeness (QED) is 0.695. The molecule has 0 bridgehead atoms. The van der Waals surface area contributed by atoms with E-state index in [0.29, 0.717) is 12.1 Å². The number of hydrogen-bond donors (Lipinski definition) is 2. The van der Waals surface area contributed by atoms with Crippen LogP contribution in [0.15, 0.2) is 24.3 Å². The number of carboxylic acid groups (broad SMARTS) is 1. The summed E-state index contributed by atoms with van der Waals surface area (Å²) in [7, 11) is 0. The first-order valence-electron chi connectivity index (χ1n) is 11.5. The maximum absolute atomic E-state index is 12.4. The normalized spacial score (nSPS) is 24.6. The van der Waals surface area contributed by atoms with E-state index in [2.05, 4.69) is 34.5 Å². The van der Waals surface area contributed by atoms with Crippen LogP contribution in [-0.4, -0.2) is 78.5 Å². The number of rotatable bonds is 2. The predicted octanol–water partition coefficient (Wildman–Crippen LogP) is 3.30. The van der Waals surface area contributed by atoms with Crippen LogP contribution in [0.5, 0.6) is 0 Å². The van der Waals surface area contributed by atoms with Gasteiger partial charge in [-0.05, 0) is 43.2 Å². The number of hydrogen-bond acceptors (Lipinski definition) is 4. The number of fused-ring (bicyclic) bond motifs is 2. The van der Waals surface area contributed by atoms with Crippen molar-refractivity contribution in [3.05, 3.63) is 35.4 Å². The molecule has 0 aromatic heterocycles. The third-order valence-corrected chi connectivity index (χ3v) is 7.12. The van der Waals surface area contributed by atoms with Gasteiger partial charge in [0.05, 0.1) is 13.2 Å². The number of morpholine rings is 1. The highest BCUT2D eigenvalue weighted by atomic mass is 19.4. The molecule has 2 aliphatic carbocycles. The number of nitrogens with one attached hydrogen (secondary N) is 1. The molecule has 1 aromatic carbocycles. The highest BCUT2D eigenvalue weighted by molar-refractivity contribution is 5.75. The number of likely N-dealkylation sites (tertiary alicyclic amines) is 1. The molecule has 1 unspecified atom stereocenters. The number of alkyl halides is 3. The Labute approximate surface area is 190 Å². The van der Waals surface area contributed by atoms with Gasteiger partial charge in [0.15, 0.2) is 0 Å². The summed E-state index contributed by atoms with van der Waals surface area (Å²) in [4.78, 5) is 25.9. The van der Waals surface area contributed by atoms with E-state index in [9.17, 15) is 18.0 Å². The number of piperidine rings is 1. The molecule has 3 fully saturated rings. The van der Waals surface area contributed by atoms with Crippen molar-refractivity contribution >= 4 is 12.0 Å². The molecule has 10 heteroatoms. The number of aliphatic carboxylic acids is 1. The zero-order valence-corrected chi connectivity index (χ0v) is 18.4. The lowest BCUT2D eigenvalue weighted by atomic mass is 9.73. The standard InChI is InChI=1S/C21H29N3O2.C2HF3O2/c25-20(22-16-5-6-16)24-9-7-21(8-10-24)15-19(23-11-13-26-14-12-23)17-3-1-2-4-18(17)21;3-2(4,5)1(6)7/h1-4,16,19H,5-15H2,(H,22,25);(H,6,7). The Kier molecular flexibility index (Phi) is 6.86. The summed E-state index contributed by atoms with van der Waals surface area (Å²) < 4.78 is 37.3. The van der Waals surface area contributed by atoms with Gasteiger partial charge >= 0.3 is 18.2 Å². The van der Waals surface area contributed by atoms with Gasteiger partial charge in [-0.25, -0.2) is 9.59 Å². The predicted molar refractivity (Wildman–Crippen MR) is 114 cm³/mol. The minimum atomic E-state index is -5.08. The van der Waals surface area contributed by atoms with Crippen LogP contribution in [0.1, 0.15) is 49.3 Å². The monoisotopic (exact) mass is 469 g/mol. The molecule has 2 heterocycles. The molecule has 2 amide bonds. The van der Waals surface area contributed by atoms with Crippen molar-refractivity contribution in [1.29, 1.82) is 0 Å². The molecule has 2 N–H and O–H groups in total. The molecule has 1 saturated carbocycles. The number of amides is 2. The molecule has 7 nitrogen and oxygen atoms in total. The molecular formula is C23H30F3N3O4. The van der Waals surface area contributed by atoms with Crippen LogP contribution >= 0.6 is 0 Å². The third-order valence-electron chi connectivity index (χ3n) is 7.12. The van der Waals surface area contributed by atoms with Crippen LogP contribution in [0.2, 0.25) is 0 Å². The van der Waals surface area contributed by atoms with Gasteiger partial charge in [-0.3, -0.25) is 4.90 Å². The first-order chi connectivity index (χ1) is 15.7. The lowest BCUT2D eigenvalue weighted by molar-refractivity contribution is -0.192. The van der Waals surface area contributed by atoms with E-state index in [4.69, 9.17) is 14.6 Å². The van der Waals surface area contributed by atoms with Gasteiger partial charge in [-0.2, -0.15) is 13.2 Å². The van der Waals surface area contributed by atoms with Crippen LogP contribution in [-0.2, 0) is 14.9 Å². The number of ether oxygens (including phenoxy) is 1. The second kappa shape index (κ2) is 9.50. The summed E-state index contributed by atoms with van der Waals surface area (Å²) in [5, 5.41) is 10.3. The van der Waals surface area contributed by atoms with Gasteiger partial charge in [-0.1, -0.05) is 24.3 Å². The fraction of sp³-hybridized carbons (Fsp3) is 0.652. The highest BCUT2D eigenvalue weighted by Crippen LogP contribution is 2.52. The van der Waals surface area contributed by atoms with E-state index >= 15 is 0 Å². The maximum Gasteiger partial charge on any atom is 0.490 e. The van der Waals surface area contributed by atoms with Gasteiger partial charge in [0, 0.05) is 43.7 Å². The number of halogens is 3. The summed E-state index contributed by atoms with van der Waals surface area (Å²) in [5.74, 6) is -2.76. The molecule has 2 aliphatic heterocycles. The molecule has 1 aromatic rings. The van der Waals surface area contributed by atoms with Crippen molar-refractivity contribution in [3.8, 4) is 0 Å². The molecule has 182 valence electrons. The fourth-order valence-electron chi connectivity index (χ4n) is 5.18. The van der Waals surface area contributed by atoms with Crippen molar-refractivity contribution in [2.75, 3.05) is 39.4 Å². The van der Waals surface area contributed by atoms with Crippen molar-refractivity contribution in [3.63, 3.8) is 0 Å². The third kappa shape index (κ3) is 5.43. The molecule has 33 heavy (non-hydrogen) atoms. The van der Waals surface area contributed by atoms with Crippen molar-refractivity contribution in [1.82, 2.24) is 15.1 Å². The number of carbonyl (C=O) groups is 2. The number of carboxylic acids is 1. The van der Waals surface area contributed by atoms with Crippen LogP contribution < -0.4 is 5.32 Å². The van der Waals surface area contributed by atoms with E-state index in [1.807, 2.05) is 4.90 Å². The SMILES string of the molecule is O=C(NC1CC1)N1CCC2(CC1)CC(N1CCOCC1)c1ccccc12.O=C(O)C(F)(F)F. The first kappa shape index (κ1) is 23.8. The molecule has 2 saturated heterocycles. The molecule has 5 rings (SSSR count). The second-order valence-corrected chi connectivity index (χ2v) is 9.25. The van der Waals surface area contributed by atoms with Crippen molar-refractivity contribution in [2.24, 2.45) is 0 Å². The Morgan fingerprint density at radius 2 is 1.67 bits per heavy atom. The Hall–Kier alpha value is -2.33. The fourth-order valence-corrected chi connectivity index (χ4v) is 5.18. The van der Waals surface area contributed by atoms with Gasteiger partial charge < -0.3 is 20.1 Å². The van der Waals surface area contributed by atoms with Gasteiger partial charge in [-0.15, -0.1) is 0 Å². The van der Waals surface area contributed by atoms with Gasteiger partial charge in [0.25, 0.3) is 0 Å². The topological polar surface area (TPSA) is 82.1 Å². The largest absolute Gasteiger partial charge is 0.490 e. The lowest BCUT2D eigenvalue weighted by Gasteiger charge is -2.41. The maximum atomic E-state index is 12.4. The average molecular weight is 470 g/mol. The molecule has 1 spiro atoms. The Morgan fingerprint density at radius 3 is 2.24 bits per heavy atom. The van der Waals surface area contributed by atoms with E-state index in [0.717, 1.165) is 65.1 Å². The Balaban J connectivity index is 0.000000325. The minimum absolute atomic E-state index is 0.151.